The van der Waals surface area contributed by atoms with Gasteiger partial charge in [0.15, 0.2) is 0 Å². The van der Waals surface area contributed by atoms with Crippen LogP contribution in [0.3, 0.4) is 0 Å². The lowest BCUT2D eigenvalue weighted by Gasteiger charge is -2.31. The minimum atomic E-state index is -0.105. The van der Waals surface area contributed by atoms with Crippen LogP contribution in [-0.4, -0.2) is 62.1 Å². The topological polar surface area (TPSA) is 32.8 Å². The first kappa shape index (κ1) is 14.4. The summed E-state index contributed by atoms with van der Waals surface area (Å²) in [5.74, 6) is -0.105. The van der Waals surface area contributed by atoms with Gasteiger partial charge in [-0.1, -0.05) is 13.8 Å². The molecule has 0 spiro atoms. The van der Waals surface area contributed by atoms with Crippen LogP contribution >= 0.6 is 0 Å². The Morgan fingerprint density at radius 1 is 1.20 bits per heavy atom. The summed E-state index contributed by atoms with van der Waals surface area (Å²) in [6.07, 6.45) is 0. The van der Waals surface area contributed by atoms with Gasteiger partial charge in [-0.25, -0.2) is 0 Å². The molecule has 4 heteroatoms. The molecule has 0 unspecified atom stereocenters. The maximum absolute atomic E-state index is 11.1. The van der Waals surface area contributed by atoms with E-state index in [0.29, 0.717) is 13.2 Å². The van der Waals surface area contributed by atoms with Crippen LogP contribution < -0.4 is 0 Å². The summed E-state index contributed by atoms with van der Waals surface area (Å²) >= 11 is 0. The van der Waals surface area contributed by atoms with E-state index in [1.54, 1.807) is 0 Å². The lowest BCUT2D eigenvalue weighted by molar-refractivity contribution is -0.144. The first-order chi connectivity index (χ1) is 7.22. The van der Waals surface area contributed by atoms with Crippen LogP contribution in [0.15, 0.2) is 0 Å². The lowest BCUT2D eigenvalue weighted by Crippen LogP contribution is -2.46. The van der Waals surface area contributed by atoms with E-state index in [4.69, 9.17) is 4.74 Å². The van der Waals surface area contributed by atoms with E-state index in [-0.39, 0.29) is 5.97 Å². The Balaban J connectivity index is 0.000000921. The smallest absolute Gasteiger partial charge is 0.320 e. The molecule has 1 rings (SSSR count). The van der Waals surface area contributed by atoms with E-state index < -0.39 is 0 Å². The molecule has 1 aliphatic heterocycles. The van der Waals surface area contributed by atoms with Crippen molar-refractivity contribution in [2.45, 2.75) is 20.8 Å². The number of rotatable bonds is 3. The molecule has 0 radical (unpaired) electrons. The van der Waals surface area contributed by atoms with Gasteiger partial charge in [0.25, 0.3) is 0 Å². The molecule has 4 nitrogen and oxygen atoms in total. The Morgan fingerprint density at radius 2 is 1.73 bits per heavy atom. The Morgan fingerprint density at radius 3 is 2.20 bits per heavy atom. The molecule has 1 aliphatic rings. The van der Waals surface area contributed by atoms with Gasteiger partial charge in [0, 0.05) is 26.2 Å². The molecule has 15 heavy (non-hydrogen) atoms. The number of ether oxygens (including phenoxy) is 1. The number of carbonyl (C=O) groups excluding carboxylic acids is 1. The predicted molar refractivity (Wildman–Crippen MR) is 61.9 cm³/mol. The molecular formula is C11H24N2O2. The number of piperazine rings is 1. The number of likely N-dealkylation sites (N-methyl/N-ethyl adjacent to an activating group) is 1. The summed E-state index contributed by atoms with van der Waals surface area (Å²) in [5.41, 5.74) is 0. The molecule has 0 atom stereocenters. The number of esters is 1. The molecule has 90 valence electrons. The van der Waals surface area contributed by atoms with Crippen molar-refractivity contribution in [2.75, 3.05) is 46.4 Å². The van der Waals surface area contributed by atoms with Gasteiger partial charge in [-0.3, -0.25) is 9.69 Å². The van der Waals surface area contributed by atoms with Crippen molar-refractivity contribution < 1.29 is 9.53 Å². The highest BCUT2D eigenvalue weighted by Gasteiger charge is 2.16. The van der Waals surface area contributed by atoms with E-state index in [1.807, 2.05) is 20.8 Å². The van der Waals surface area contributed by atoms with Crippen molar-refractivity contribution in [3.63, 3.8) is 0 Å². The first-order valence-corrected chi connectivity index (χ1v) is 5.79. The zero-order chi connectivity index (χ0) is 11.7. The Kier molecular flexibility index (Phi) is 8.33. The molecule has 1 heterocycles. The largest absolute Gasteiger partial charge is 0.465 e. The molecule has 0 aliphatic carbocycles. The zero-order valence-corrected chi connectivity index (χ0v) is 10.5. The number of hydrogen-bond acceptors (Lipinski definition) is 4. The molecule has 0 aromatic rings. The molecule has 0 amide bonds. The molecule has 0 N–H and O–H groups in total. The van der Waals surface area contributed by atoms with Crippen LogP contribution in [0.1, 0.15) is 20.8 Å². The second-order valence-electron chi connectivity index (χ2n) is 3.38. The Labute approximate surface area is 93.2 Å². The van der Waals surface area contributed by atoms with Crippen molar-refractivity contribution >= 4 is 5.97 Å². The van der Waals surface area contributed by atoms with Gasteiger partial charge in [-0.05, 0) is 14.0 Å². The second kappa shape index (κ2) is 8.68. The van der Waals surface area contributed by atoms with Gasteiger partial charge < -0.3 is 9.64 Å². The standard InChI is InChI=1S/C9H18N2O2.C2H6/c1-3-13-9(12)8-11-6-4-10(2)5-7-11;1-2/h3-8H2,1-2H3;1-2H3. The predicted octanol–water partition coefficient (Wildman–Crippen LogP) is 0.823. The third-order valence-corrected chi connectivity index (χ3v) is 2.25. The van der Waals surface area contributed by atoms with Gasteiger partial charge in [0.2, 0.25) is 0 Å². The highest BCUT2D eigenvalue weighted by molar-refractivity contribution is 5.71. The fraction of sp³-hybridized carbons (Fsp3) is 0.909. The van der Waals surface area contributed by atoms with E-state index in [1.165, 1.54) is 0 Å². The Hall–Kier alpha value is -0.610. The molecule has 0 bridgehead atoms. The maximum Gasteiger partial charge on any atom is 0.320 e. The summed E-state index contributed by atoms with van der Waals surface area (Å²) in [5, 5.41) is 0. The summed E-state index contributed by atoms with van der Waals surface area (Å²) in [6.45, 7) is 10.8. The van der Waals surface area contributed by atoms with Gasteiger partial charge in [0.1, 0.15) is 0 Å². The third-order valence-electron chi connectivity index (χ3n) is 2.25. The number of nitrogens with zero attached hydrogens (tertiary/aromatic N) is 2. The fourth-order valence-electron chi connectivity index (χ4n) is 1.40. The summed E-state index contributed by atoms with van der Waals surface area (Å²) in [6, 6.07) is 0. The number of carbonyl (C=O) groups is 1. The molecule has 0 saturated carbocycles. The average molecular weight is 216 g/mol. The van der Waals surface area contributed by atoms with Gasteiger partial charge in [-0.15, -0.1) is 0 Å². The summed E-state index contributed by atoms with van der Waals surface area (Å²) in [4.78, 5) is 15.5. The maximum atomic E-state index is 11.1. The highest BCUT2D eigenvalue weighted by Crippen LogP contribution is 1.98. The highest BCUT2D eigenvalue weighted by atomic mass is 16.5. The normalized spacial score (nSPS) is 17.9. The summed E-state index contributed by atoms with van der Waals surface area (Å²) < 4.78 is 4.88. The minimum Gasteiger partial charge on any atom is -0.465 e. The Bertz CT molecular complexity index is 166. The fourth-order valence-corrected chi connectivity index (χ4v) is 1.40. The van der Waals surface area contributed by atoms with Crippen LogP contribution in [0.2, 0.25) is 0 Å². The average Bonchev–Trinajstić information content (AvgIpc) is 2.25. The SMILES string of the molecule is CC.CCOC(=O)CN1CCN(C)CC1. The van der Waals surface area contributed by atoms with Crippen LogP contribution in [0.5, 0.6) is 0 Å². The van der Waals surface area contributed by atoms with E-state index in [9.17, 15) is 4.79 Å². The summed E-state index contributed by atoms with van der Waals surface area (Å²) in [7, 11) is 2.10. The quantitative estimate of drug-likeness (QED) is 0.654. The first-order valence-electron chi connectivity index (χ1n) is 5.79. The van der Waals surface area contributed by atoms with Crippen molar-refractivity contribution in [3.05, 3.63) is 0 Å². The minimum absolute atomic E-state index is 0.105. The van der Waals surface area contributed by atoms with Crippen molar-refractivity contribution in [3.8, 4) is 0 Å². The van der Waals surface area contributed by atoms with Crippen LogP contribution in [0.4, 0.5) is 0 Å². The molecule has 1 fully saturated rings. The monoisotopic (exact) mass is 216 g/mol. The van der Waals surface area contributed by atoms with Gasteiger partial charge >= 0.3 is 5.97 Å². The van der Waals surface area contributed by atoms with Crippen LogP contribution in [-0.2, 0) is 9.53 Å². The molecule has 0 aromatic carbocycles. The third kappa shape index (κ3) is 6.47. The van der Waals surface area contributed by atoms with Crippen molar-refractivity contribution in [1.82, 2.24) is 9.80 Å². The van der Waals surface area contributed by atoms with E-state index >= 15 is 0 Å². The van der Waals surface area contributed by atoms with Gasteiger partial charge in [-0.2, -0.15) is 0 Å². The van der Waals surface area contributed by atoms with Crippen molar-refractivity contribution in [1.29, 1.82) is 0 Å². The molecule has 0 aromatic heterocycles. The van der Waals surface area contributed by atoms with Crippen molar-refractivity contribution in [2.24, 2.45) is 0 Å². The second-order valence-corrected chi connectivity index (χ2v) is 3.38. The van der Waals surface area contributed by atoms with Crippen LogP contribution in [0.25, 0.3) is 0 Å². The van der Waals surface area contributed by atoms with Crippen LogP contribution in [0, 0.1) is 0 Å². The van der Waals surface area contributed by atoms with E-state index in [0.717, 1.165) is 26.2 Å². The molecule has 1 saturated heterocycles. The molecular weight excluding hydrogens is 192 g/mol. The number of hydrogen-bond donors (Lipinski definition) is 0. The van der Waals surface area contributed by atoms with E-state index in [2.05, 4.69) is 16.8 Å². The van der Waals surface area contributed by atoms with Gasteiger partial charge in [0.05, 0.1) is 13.2 Å². The lowest BCUT2D eigenvalue weighted by atomic mass is 10.3. The zero-order valence-electron chi connectivity index (χ0n) is 10.5.